The summed E-state index contributed by atoms with van der Waals surface area (Å²) >= 11 is 0. The average molecular weight is 285 g/mol. The Morgan fingerprint density at radius 3 is 2.95 bits per heavy atom. The van der Waals surface area contributed by atoms with Gasteiger partial charge in [-0.05, 0) is 25.1 Å². The van der Waals surface area contributed by atoms with Crippen LogP contribution in [-0.4, -0.2) is 22.6 Å². The van der Waals surface area contributed by atoms with Crippen molar-refractivity contribution < 1.29 is 14.6 Å². The first kappa shape index (κ1) is 13.2. The summed E-state index contributed by atoms with van der Waals surface area (Å²) in [6.07, 6.45) is 1.05. The fraction of sp³-hybridized carbons (Fsp3) is 0.200. The number of amides is 1. The molecule has 3 rings (SSSR count). The van der Waals surface area contributed by atoms with Gasteiger partial charge in [0.05, 0.1) is 12.2 Å². The number of hydrogen-bond donors (Lipinski definition) is 3. The summed E-state index contributed by atoms with van der Waals surface area (Å²) in [7, 11) is 0. The molecule has 0 radical (unpaired) electrons. The van der Waals surface area contributed by atoms with Gasteiger partial charge in [0.1, 0.15) is 12.0 Å². The van der Waals surface area contributed by atoms with Crippen molar-refractivity contribution in [2.75, 3.05) is 11.9 Å². The highest BCUT2D eigenvalue weighted by molar-refractivity contribution is 6.00. The van der Waals surface area contributed by atoms with Crippen LogP contribution >= 0.6 is 0 Å². The zero-order valence-electron chi connectivity index (χ0n) is 11.5. The number of nitrogens with zero attached hydrogens (tertiary/aromatic N) is 1. The molecule has 6 nitrogen and oxygen atoms in total. The molecular formula is C15H15N3O3. The van der Waals surface area contributed by atoms with Crippen LogP contribution in [-0.2, 0) is 0 Å². The van der Waals surface area contributed by atoms with Gasteiger partial charge in [0.2, 0.25) is 0 Å². The second-order valence-electron chi connectivity index (χ2n) is 4.58. The van der Waals surface area contributed by atoms with Crippen molar-refractivity contribution in [2.45, 2.75) is 13.1 Å². The Balaban J connectivity index is 1.96. The number of fused-ring (bicyclic) bond motifs is 1. The first-order valence-electron chi connectivity index (χ1n) is 6.67. The lowest BCUT2D eigenvalue weighted by Gasteiger charge is -2.27. The highest BCUT2D eigenvalue weighted by Gasteiger charge is 2.27. The Kier molecular flexibility index (Phi) is 3.35. The molecular weight excluding hydrogens is 270 g/mol. The fourth-order valence-corrected chi connectivity index (χ4v) is 2.28. The van der Waals surface area contributed by atoms with Crippen LogP contribution in [0.4, 0.5) is 5.82 Å². The molecule has 0 saturated heterocycles. The monoisotopic (exact) mass is 285 g/mol. The lowest BCUT2D eigenvalue weighted by atomic mass is 10.1. The van der Waals surface area contributed by atoms with Gasteiger partial charge in [-0.3, -0.25) is 4.79 Å². The zero-order chi connectivity index (χ0) is 14.8. The molecule has 6 heteroatoms. The predicted molar refractivity (Wildman–Crippen MR) is 77.3 cm³/mol. The van der Waals surface area contributed by atoms with Crippen molar-refractivity contribution in [3.05, 3.63) is 47.7 Å². The molecule has 0 fully saturated rings. The molecule has 2 aromatic rings. The van der Waals surface area contributed by atoms with Crippen LogP contribution in [0.2, 0.25) is 0 Å². The maximum atomic E-state index is 12.1. The number of para-hydroxylation sites is 1. The molecule has 1 aliphatic heterocycles. The second kappa shape index (κ2) is 5.32. The van der Waals surface area contributed by atoms with E-state index in [1.165, 1.54) is 0 Å². The van der Waals surface area contributed by atoms with Crippen molar-refractivity contribution in [3.63, 3.8) is 0 Å². The average Bonchev–Trinajstić information content (AvgIpc) is 2.49. The predicted octanol–water partition coefficient (Wildman–Crippen LogP) is 2.04. The van der Waals surface area contributed by atoms with E-state index in [0.29, 0.717) is 29.3 Å². The standard InChI is InChI=1S/C15H15N3O3/c1-2-21-11-7-3-5-9(12(11)19)14-17-13-10(15(20)18-14)6-4-8-16-13/h3-8,14,19H,2H2,1H3,(H,16,17)(H,18,20)/t14-/m1/s1. The summed E-state index contributed by atoms with van der Waals surface area (Å²) in [5, 5.41) is 16.2. The number of aromatic hydroxyl groups is 1. The van der Waals surface area contributed by atoms with Crippen LogP contribution in [0.3, 0.4) is 0 Å². The van der Waals surface area contributed by atoms with Gasteiger partial charge in [-0.1, -0.05) is 12.1 Å². The fourth-order valence-electron chi connectivity index (χ4n) is 2.28. The molecule has 0 spiro atoms. The summed E-state index contributed by atoms with van der Waals surface area (Å²) in [6, 6.07) is 8.57. The number of phenolic OH excluding ortho intramolecular Hbond substituents is 1. The molecule has 2 heterocycles. The van der Waals surface area contributed by atoms with Crippen LogP contribution in [0.25, 0.3) is 0 Å². The molecule has 21 heavy (non-hydrogen) atoms. The van der Waals surface area contributed by atoms with E-state index in [4.69, 9.17) is 4.74 Å². The number of rotatable bonds is 3. The number of ether oxygens (including phenoxy) is 1. The van der Waals surface area contributed by atoms with Gasteiger partial charge in [0, 0.05) is 11.8 Å². The summed E-state index contributed by atoms with van der Waals surface area (Å²) in [6.45, 7) is 2.29. The van der Waals surface area contributed by atoms with Crippen molar-refractivity contribution in [1.82, 2.24) is 10.3 Å². The molecule has 0 unspecified atom stereocenters. The molecule has 1 atom stereocenters. The minimum Gasteiger partial charge on any atom is -0.504 e. The first-order chi connectivity index (χ1) is 10.2. The van der Waals surface area contributed by atoms with Crippen molar-refractivity contribution >= 4 is 11.7 Å². The lowest BCUT2D eigenvalue weighted by Crippen LogP contribution is -2.38. The topological polar surface area (TPSA) is 83.5 Å². The van der Waals surface area contributed by atoms with Gasteiger partial charge >= 0.3 is 0 Å². The SMILES string of the molecule is CCOc1cccc([C@H]2NC(=O)c3cccnc3N2)c1O. The maximum absolute atomic E-state index is 12.1. The molecule has 0 aliphatic carbocycles. The van der Waals surface area contributed by atoms with E-state index < -0.39 is 6.17 Å². The Labute approximate surface area is 121 Å². The largest absolute Gasteiger partial charge is 0.504 e. The van der Waals surface area contributed by atoms with E-state index in [9.17, 15) is 9.90 Å². The van der Waals surface area contributed by atoms with E-state index >= 15 is 0 Å². The summed E-state index contributed by atoms with van der Waals surface area (Å²) in [5.74, 6) is 0.657. The molecule has 0 bridgehead atoms. The van der Waals surface area contributed by atoms with Gasteiger partial charge < -0.3 is 20.5 Å². The number of pyridine rings is 1. The summed E-state index contributed by atoms with van der Waals surface area (Å²) in [5.41, 5.74) is 1.01. The first-order valence-corrected chi connectivity index (χ1v) is 6.67. The Morgan fingerprint density at radius 1 is 1.29 bits per heavy atom. The van der Waals surface area contributed by atoms with Gasteiger partial charge in [-0.25, -0.2) is 4.98 Å². The maximum Gasteiger partial charge on any atom is 0.256 e. The molecule has 1 aromatic heterocycles. The highest BCUT2D eigenvalue weighted by Crippen LogP contribution is 2.35. The van der Waals surface area contributed by atoms with Gasteiger partial charge in [0.15, 0.2) is 11.5 Å². The summed E-state index contributed by atoms with van der Waals surface area (Å²) < 4.78 is 5.36. The normalized spacial score (nSPS) is 16.6. The Morgan fingerprint density at radius 2 is 2.14 bits per heavy atom. The molecule has 3 N–H and O–H groups in total. The minimum absolute atomic E-state index is 0.0107. The van der Waals surface area contributed by atoms with E-state index in [1.54, 1.807) is 36.5 Å². The number of carbonyl (C=O) groups excluding carboxylic acids is 1. The second-order valence-corrected chi connectivity index (χ2v) is 4.58. The van der Waals surface area contributed by atoms with Gasteiger partial charge in [0.25, 0.3) is 5.91 Å². The van der Waals surface area contributed by atoms with E-state index in [-0.39, 0.29) is 11.7 Å². The number of anilines is 1. The van der Waals surface area contributed by atoms with Crippen molar-refractivity contribution in [1.29, 1.82) is 0 Å². The zero-order valence-corrected chi connectivity index (χ0v) is 11.5. The quantitative estimate of drug-likeness (QED) is 0.803. The molecule has 1 aliphatic rings. The third-order valence-corrected chi connectivity index (χ3v) is 3.25. The third-order valence-electron chi connectivity index (χ3n) is 3.25. The Hall–Kier alpha value is -2.76. The number of phenols is 1. The number of benzene rings is 1. The lowest BCUT2D eigenvalue weighted by molar-refractivity contribution is 0.0934. The third kappa shape index (κ3) is 2.35. The van der Waals surface area contributed by atoms with Crippen LogP contribution < -0.4 is 15.4 Å². The molecule has 1 amide bonds. The van der Waals surface area contributed by atoms with Crippen LogP contribution in [0.15, 0.2) is 36.5 Å². The van der Waals surface area contributed by atoms with Crippen LogP contribution in [0, 0.1) is 0 Å². The van der Waals surface area contributed by atoms with Gasteiger partial charge in [-0.2, -0.15) is 0 Å². The Bertz CT molecular complexity index is 688. The number of nitrogens with one attached hydrogen (secondary N) is 2. The van der Waals surface area contributed by atoms with Crippen molar-refractivity contribution in [2.24, 2.45) is 0 Å². The van der Waals surface area contributed by atoms with Crippen LogP contribution in [0.1, 0.15) is 29.0 Å². The van der Waals surface area contributed by atoms with Crippen LogP contribution in [0.5, 0.6) is 11.5 Å². The number of carbonyl (C=O) groups is 1. The van der Waals surface area contributed by atoms with Crippen molar-refractivity contribution in [3.8, 4) is 11.5 Å². The summed E-state index contributed by atoms with van der Waals surface area (Å²) in [4.78, 5) is 16.2. The smallest absolute Gasteiger partial charge is 0.256 e. The van der Waals surface area contributed by atoms with E-state index in [2.05, 4.69) is 15.6 Å². The van der Waals surface area contributed by atoms with E-state index in [0.717, 1.165) is 0 Å². The molecule has 0 saturated carbocycles. The van der Waals surface area contributed by atoms with E-state index in [1.807, 2.05) is 6.92 Å². The number of hydrogen-bond acceptors (Lipinski definition) is 5. The van der Waals surface area contributed by atoms with Gasteiger partial charge in [-0.15, -0.1) is 0 Å². The highest BCUT2D eigenvalue weighted by atomic mass is 16.5. The molecule has 1 aromatic carbocycles. The molecule has 108 valence electrons. The minimum atomic E-state index is -0.555. The number of aromatic nitrogens is 1.